The molecule has 1 fully saturated rings. The van der Waals surface area contributed by atoms with Gasteiger partial charge in [-0.15, -0.1) is 0 Å². The highest BCUT2D eigenvalue weighted by Crippen LogP contribution is 2.23. The number of carbonyl (C=O) groups is 3. The van der Waals surface area contributed by atoms with E-state index >= 15 is 0 Å². The van der Waals surface area contributed by atoms with Crippen LogP contribution in [-0.4, -0.2) is 66.7 Å². The lowest BCUT2D eigenvalue weighted by Gasteiger charge is -2.27. The average Bonchev–Trinajstić information content (AvgIpc) is 3.00. The van der Waals surface area contributed by atoms with E-state index in [-0.39, 0.29) is 30.9 Å². The molecule has 3 amide bonds. The molecule has 156 valence electrons. The van der Waals surface area contributed by atoms with E-state index < -0.39 is 6.10 Å². The molecule has 0 saturated carbocycles. The first-order valence-corrected chi connectivity index (χ1v) is 9.90. The molecule has 0 spiro atoms. The minimum absolute atomic E-state index is 0.0356. The number of hydrogen-bond donors (Lipinski definition) is 2. The Balaban J connectivity index is 1.26. The zero-order valence-electron chi connectivity index (χ0n) is 16.4. The van der Waals surface area contributed by atoms with E-state index in [1.807, 2.05) is 24.3 Å². The van der Waals surface area contributed by atoms with Crippen LogP contribution in [0.5, 0.6) is 0 Å². The van der Waals surface area contributed by atoms with Crippen molar-refractivity contribution in [3.63, 3.8) is 0 Å². The molecule has 2 heterocycles. The van der Waals surface area contributed by atoms with Crippen molar-refractivity contribution in [3.8, 4) is 0 Å². The van der Waals surface area contributed by atoms with Crippen LogP contribution in [-0.2, 0) is 9.53 Å². The van der Waals surface area contributed by atoms with Gasteiger partial charge in [-0.2, -0.15) is 0 Å². The first kappa shape index (κ1) is 20.1. The Kier molecular flexibility index (Phi) is 5.78. The summed E-state index contributed by atoms with van der Waals surface area (Å²) in [5.41, 5.74) is 2.44. The number of aliphatic hydroxyl groups excluding tert-OH is 1. The lowest BCUT2D eigenvalue weighted by Crippen LogP contribution is -2.41. The molecule has 2 aliphatic heterocycles. The molecular weight excluding hydrogens is 386 g/mol. The second kappa shape index (κ2) is 8.64. The molecular formula is C22H23N3O5. The lowest BCUT2D eigenvalue weighted by molar-refractivity contribution is -0.125. The molecule has 30 heavy (non-hydrogen) atoms. The van der Waals surface area contributed by atoms with Gasteiger partial charge in [0.05, 0.1) is 30.4 Å². The van der Waals surface area contributed by atoms with E-state index in [9.17, 15) is 19.5 Å². The van der Waals surface area contributed by atoms with Gasteiger partial charge < -0.3 is 20.1 Å². The van der Waals surface area contributed by atoms with Crippen molar-refractivity contribution in [2.45, 2.75) is 12.5 Å². The first-order chi connectivity index (χ1) is 14.5. The van der Waals surface area contributed by atoms with Crippen molar-refractivity contribution in [1.82, 2.24) is 4.90 Å². The standard InChI is InChI=1S/C22H23N3O5/c26-17(13-25-21(28)18-3-1-2-4-19(18)22(25)29)9-10-23-15-5-7-16(8-6-15)24-11-12-30-14-20(24)27/h1-8,17,23,26H,9-14H2/t17-/m1/s1. The Labute approximate surface area is 174 Å². The van der Waals surface area contributed by atoms with Gasteiger partial charge in [0.15, 0.2) is 0 Å². The third-order valence-electron chi connectivity index (χ3n) is 5.24. The fraction of sp³-hybridized carbons (Fsp3) is 0.318. The van der Waals surface area contributed by atoms with Gasteiger partial charge in [-0.3, -0.25) is 19.3 Å². The van der Waals surface area contributed by atoms with E-state index in [0.717, 1.165) is 16.3 Å². The number of rotatable bonds is 7. The van der Waals surface area contributed by atoms with Gasteiger partial charge in [-0.05, 0) is 42.8 Å². The number of hydrogen-bond acceptors (Lipinski definition) is 6. The maximum Gasteiger partial charge on any atom is 0.261 e. The SMILES string of the molecule is O=C1c2ccccc2C(=O)N1C[C@H](O)CCNc1ccc(N2CCOCC2=O)cc1. The third kappa shape index (κ3) is 4.05. The van der Waals surface area contributed by atoms with Crippen LogP contribution in [0.1, 0.15) is 27.1 Å². The summed E-state index contributed by atoms with van der Waals surface area (Å²) >= 11 is 0. The number of fused-ring (bicyclic) bond motifs is 1. The molecule has 1 atom stereocenters. The highest BCUT2D eigenvalue weighted by molar-refractivity contribution is 6.21. The summed E-state index contributed by atoms with van der Waals surface area (Å²) in [6.07, 6.45) is -0.457. The zero-order chi connectivity index (χ0) is 21.1. The van der Waals surface area contributed by atoms with Gasteiger partial charge in [0.1, 0.15) is 6.61 Å². The molecule has 0 unspecified atom stereocenters. The van der Waals surface area contributed by atoms with Gasteiger partial charge in [0.2, 0.25) is 0 Å². The molecule has 2 aromatic carbocycles. The molecule has 0 aromatic heterocycles. The number of β-amino-alcohol motifs (C(OH)–C–C–N with tert-alkyl or cyclic N) is 1. The number of nitrogens with one attached hydrogen (secondary N) is 1. The smallest absolute Gasteiger partial charge is 0.261 e. The minimum atomic E-state index is -0.829. The van der Waals surface area contributed by atoms with Gasteiger partial charge in [-0.1, -0.05) is 12.1 Å². The number of amides is 3. The maximum atomic E-state index is 12.4. The van der Waals surface area contributed by atoms with Crippen LogP contribution in [0.4, 0.5) is 11.4 Å². The summed E-state index contributed by atoms with van der Waals surface area (Å²) in [7, 11) is 0. The van der Waals surface area contributed by atoms with Crippen molar-refractivity contribution in [3.05, 3.63) is 59.7 Å². The molecule has 4 rings (SSSR count). The van der Waals surface area contributed by atoms with E-state index in [4.69, 9.17) is 4.74 Å². The monoisotopic (exact) mass is 409 g/mol. The summed E-state index contributed by atoms with van der Waals surface area (Å²) in [6, 6.07) is 14.1. The van der Waals surface area contributed by atoms with Crippen molar-refractivity contribution in [1.29, 1.82) is 0 Å². The van der Waals surface area contributed by atoms with Crippen LogP contribution in [0.3, 0.4) is 0 Å². The van der Waals surface area contributed by atoms with Crippen LogP contribution >= 0.6 is 0 Å². The Morgan fingerprint density at radius 2 is 1.67 bits per heavy atom. The molecule has 2 aromatic rings. The predicted octanol–water partition coefficient (Wildman–Crippen LogP) is 1.51. The second-order valence-electron chi connectivity index (χ2n) is 7.28. The number of aliphatic hydroxyl groups is 1. The molecule has 8 nitrogen and oxygen atoms in total. The first-order valence-electron chi connectivity index (χ1n) is 9.90. The van der Waals surface area contributed by atoms with Crippen LogP contribution in [0.2, 0.25) is 0 Å². The van der Waals surface area contributed by atoms with Crippen molar-refractivity contribution in [2.24, 2.45) is 0 Å². The number of imide groups is 1. The summed E-state index contributed by atoms with van der Waals surface area (Å²) in [4.78, 5) is 39.4. The Morgan fingerprint density at radius 1 is 1.00 bits per heavy atom. The average molecular weight is 409 g/mol. The highest BCUT2D eigenvalue weighted by atomic mass is 16.5. The van der Waals surface area contributed by atoms with E-state index in [1.165, 1.54) is 0 Å². The Bertz CT molecular complexity index is 925. The third-order valence-corrected chi connectivity index (χ3v) is 5.24. The summed E-state index contributed by atoms with van der Waals surface area (Å²) in [5, 5.41) is 13.5. The highest BCUT2D eigenvalue weighted by Gasteiger charge is 2.35. The Hall–Kier alpha value is -3.23. The summed E-state index contributed by atoms with van der Waals surface area (Å²) in [5.74, 6) is -0.787. The minimum Gasteiger partial charge on any atom is -0.391 e. The van der Waals surface area contributed by atoms with E-state index in [2.05, 4.69) is 5.32 Å². The number of nitrogens with zero attached hydrogens (tertiary/aromatic N) is 2. The van der Waals surface area contributed by atoms with E-state index in [0.29, 0.717) is 37.2 Å². The van der Waals surface area contributed by atoms with Gasteiger partial charge in [0, 0.05) is 24.5 Å². The molecule has 0 bridgehead atoms. The fourth-order valence-corrected chi connectivity index (χ4v) is 3.64. The number of morpholine rings is 1. The molecule has 2 N–H and O–H groups in total. The molecule has 8 heteroatoms. The summed E-state index contributed by atoms with van der Waals surface area (Å²) in [6.45, 7) is 1.60. The second-order valence-corrected chi connectivity index (χ2v) is 7.28. The zero-order valence-corrected chi connectivity index (χ0v) is 16.4. The number of ether oxygens (including phenoxy) is 1. The molecule has 1 saturated heterocycles. The maximum absolute atomic E-state index is 12.4. The van der Waals surface area contributed by atoms with Crippen LogP contribution in [0, 0.1) is 0 Å². The number of anilines is 2. The van der Waals surface area contributed by atoms with Gasteiger partial charge in [0.25, 0.3) is 17.7 Å². The topological polar surface area (TPSA) is 99.2 Å². The van der Waals surface area contributed by atoms with E-state index in [1.54, 1.807) is 29.2 Å². The van der Waals surface area contributed by atoms with Gasteiger partial charge in [-0.25, -0.2) is 0 Å². The fourth-order valence-electron chi connectivity index (χ4n) is 3.64. The van der Waals surface area contributed by atoms with Crippen LogP contribution in [0.15, 0.2) is 48.5 Å². The van der Waals surface area contributed by atoms with Crippen molar-refractivity contribution < 1.29 is 24.2 Å². The molecule has 0 radical (unpaired) electrons. The quantitative estimate of drug-likeness (QED) is 0.673. The predicted molar refractivity (Wildman–Crippen MR) is 111 cm³/mol. The van der Waals surface area contributed by atoms with Crippen LogP contribution in [0.25, 0.3) is 0 Å². The number of benzene rings is 2. The molecule has 0 aliphatic carbocycles. The summed E-state index contributed by atoms with van der Waals surface area (Å²) < 4.78 is 5.14. The lowest BCUT2D eigenvalue weighted by atomic mass is 10.1. The number of carbonyl (C=O) groups excluding carboxylic acids is 3. The van der Waals surface area contributed by atoms with Crippen LogP contribution < -0.4 is 10.2 Å². The Morgan fingerprint density at radius 3 is 2.30 bits per heavy atom. The van der Waals surface area contributed by atoms with Crippen molar-refractivity contribution in [2.75, 3.05) is 43.1 Å². The van der Waals surface area contributed by atoms with Crippen molar-refractivity contribution >= 4 is 29.1 Å². The normalized spacial score (nSPS) is 17.3. The largest absolute Gasteiger partial charge is 0.391 e. The molecule has 2 aliphatic rings. The van der Waals surface area contributed by atoms with Gasteiger partial charge >= 0.3 is 0 Å².